The number of hydrogen-bond donors (Lipinski definition) is 3. The standard InChI is InChI=1S/C20H15F4N5O/c1-11-9-16(30)29-17(12-5-7-14(21)8-6-12)27-18(28-19(29)25-11)26-15-4-2-3-13(10-15)20(22,23)24/h2-10,17H,1H3,(H2,25,26,27,28)/p+1/t17-/m0/s1. The summed E-state index contributed by atoms with van der Waals surface area (Å²) < 4.78 is 53.7. The van der Waals surface area contributed by atoms with Crippen LogP contribution in [-0.2, 0) is 6.18 Å². The van der Waals surface area contributed by atoms with Crippen LogP contribution >= 0.6 is 0 Å². The predicted octanol–water partition coefficient (Wildman–Crippen LogP) is 2.23. The lowest BCUT2D eigenvalue weighted by Gasteiger charge is -2.23. The molecule has 30 heavy (non-hydrogen) atoms. The third-order valence-electron chi connectivity index (χ3n) is 4.50. The van der Waals surface area contributed by atoms with E-state index in [1.54, 1.807) is 6.92 Å². The van der Waals surface area contributed by atoms with E-state index in [4.69, 9.17) is 0 Å². The van der Waals surface area contributed by atoms with Crippen molar-refractivity contribution in [1.82, 2.24) is 9.55 Å². The van der Waals surface area contributed by atoms with Gasteiger partial charge in [0.15, 0.2) is 6.17 Å². The third kappa shape index (κ3) is 3.88. The Kier molecular flexibility index (Phi) is 4.76. The molecule has 10 heteroatoms. The van der Waals surface area contributed by atoms with E-state index in [0.717, 1.165) is 12.1 Å². The zero-order chi connectivity index (χ0) is 21.5. The second kappa shape index (κ2) is 7.29. The van der Waals surface area contributed by atoms with Gasteiger partial charge in [0.2, 0.25) is 0 Å². The molecule has 0 radical (unpaired) electrons. The molecule has 0 unspecified atom stereocenters. The number of guanidine groups is 1. The van der Waals surface area contributed by atoms with Crippen LogP contribution < -0.4 is 21.2 Å². The Hall–Kier alpha value is -3.69. The van der Waals surface area contributed by atoms with Crippen molar-refractivity contribution in [3.63, 3.8) is 0 Å². The summed E-state index contributed by atoms with van der Waals surface area (Å²) in [7, 11) is 0. The molecule has 1 aliphatic rings. The zero-order valence-corrected chi connectivity index (χ0v) is 15.6. The molecule has 0 spiro atoms. The Labute approximate surface area is 167 Å². The molecule has 2 heterocycles. The van der Waals surface area contributed by atoms with Crippen LogP contribution in [0.1, 0.15) is 23.0 Å². The van der Waals surface area contributed by atoms with Crippen LogP contribution in [0.25, 0.3) is 0 Å². The first kappa shape index (κ1) is 19.6. The number of fused-ring (bicyclic) bond motifs is 1. The van der Waals surface area contributed by atoms with Crippen molar-refractivity contribution < 1.29 is 22.6 Å². The second-order valence-corrected chi connectivity index (χ2v) is 6.73. The van der Waals surface area contributed by atoms with E-state index in [1.165, 1.54) is 47.0 Å². The number of alkyl halides is 3. The van der Waals surface area contributed by atoms with Crippen LogP contribution in [0.15, 0.2) is 59.4 Å². The number of aryl methyl sites for hydroxylation is 1. The number of anilines is 2. The molecule has 3 aromatic rings. The van der Waals surface area contributed by atoms with Crippen LogP contribution in [-0.4, -0.2) is 15.5 Å². The average Bonchev–Trinajstić information content (AvgIpc) is 2.67. The van der Waals surface area contributed by atoms with Crippen LogP contribution in [0, 0.1) is 12.7 Å². The molecule has 0 saturated heterocycles. The van der Waals surface area contributed by atoms with Crippen molar-refractivity contribution in [2.45, 2.75) is 19.3 Å². The maximum Gasteiger partial charge on any atom is 0.416 e. The van der Waals surface area contributed by atoms with Gasteiger partial charge >= 0.3 is 12.1 Å². The summed E-state index contributed by atoms with van der Waals surface area (Å²) in [5.41, 5.74) is 0.0721. The number of nitrogens with one attached hydrogen (secondary N) is 3. The lowest BCUT2D eigenvalue weighted by atomic mass is 10.1. The number of rotatable bonds is 2. The van der Waals surface area contributed by atoms with Crippen LogP contribution in [0.2, 0.25) is 0 Å². The molecule has 6 nitrogen and oxygen atoms in total. The Balaban J connectivity index is 1.76. The molecular formula is C20H16F4N5O+. The summed E-state index contributed by atoms with van der Waals surface area (Å²) in [5, 5.41) is 5.74. The SMILES string of the molecule is Cc1cc(=O)n2c(n1)NC(Nc1cccc(C(F)(F)F)c1)=[NH+][C@@H]2c1ccc(F)cc1. The minimum atomic E-state index is -4.48. The summed E-state index contributed by atoms with van der Waals surface area (Å²) in [5.74, 6) is -0.0164. The first-order valence-electron chi connectivity index (χ1n) is 8.91. The molecule has 3 N–H and O–H groups in total. The molecular weight excluding hydrogens is 402 g/mol. The summed E-state index contributed by atoms with van der Waals surface area (Å²) in [6.07, 6.45) is -5.24. The lowest BCUT2D eigenvalue weighted by Crippen LogP contribution is -2.82. The van der Waals surface area contributed by atoms with Crippen LogP contribution in [0.5, 0.6) is 0 Å². The summed E-state index contributed by atoms with van der Waals surface area (Å²) in [6, 6.07) is 11.6. The monoisotopic (exact) mass is 418 g/mol. The molecule has 154 valence electrons. The van der Waals surface area contributed by atoms with Crippen molar-refractivity contribution >= 4 is 17.6 Å². The molecule has 2 aromatic carbocycles. The van der Waals surface area contributed by atoms with E-state index in [-0.39, 0.29) is 23.2 Å². The molecule has 0 aliphatic carbocycles. The van der Waals surface area contributed by atoms with Gasteiger partial charge in [0, 0.05) is 17.3 Å². The van der Waals surface area contributed by atoms with E-state index >= 15 is 0 Å². The number of hydrogen-bond acceptors (Lipinski definition) is 4. The molecule has 4 rings (SSSR count). The van der Waals surface area contributed by atoms with Gasteiger partial charge in [0.1, 0.15) is 5.82 Å². The van der Waals surface area contributed by atoms with Gasteiger partial charge < -0.3 is 0 Å². The van der Waals surface area contributed by atoms with Gasteiger partial charge in [-0.3, -0.25) is 9.79 Å². The Morgan fingerprint density at radius 2 is 1.87 bits per heavy atom. The van der Waals surface area contributed by atoms with Gasteiger partial charge in [-0.2, -0.15) is 13.2 Å². The Morgan fingerprint density at radius 1 is 1.13 bits per heavy atom. The smallest absolute Gasteiger partial charge is 0.269 e. The number of halogens is 4. The highest BCUT2D eigenvalue weighted by Gasteiger charge is 2.32. The molecule has 0 fully saturated rings. The van der Waals surface area contributed by atoms with E-state index in [0.29, 0.717) is 11.3 Å². The number of nitrogens with zero attached hydrogens (tertiary/aromatic N) is 2. The van der Waals surface area contributed by atoms with Crippen molar-refractivity contribution in [3.05, 3.63) is 87.6 Å². The maximum atomic E-state index is 13.4. The van der Waals surface area contributed by atoms with Crippen molar-refractivity contribution in [2.75, 3.05) is 10.6 Å². The van der Waals surface area contributed by atoms with Gasteiger partial charge in [-0.1, -0.05) is 18.2 Å². The fourth-order valence-corrected chi connectivity index (χ4v) is 3.16. The van der Waals surface area contributed by atoms with E-state index in [1.807, 2.05) is 0 Å². The third-order valence-corrected chi connectivity index (χ3v) is 4.50. The number of benzene rings is 2. The lowest BCUT2D eigenvalue weighted by molar-refractivity contribution is -0.520. The quantitative estimate of drug-likeness (QED) is 0.559. The van der Waals surface area contributed by atoms with E-state index in [2.05, 4.69) is 20.6 Å². The summed E-state index contributed by atoms with van der Waals surface area (Å²) in [6.45, 7) is 1.65. The molecule has 1 atom stereocenters. The van der Waals surface area contributed by atoms with Crippen molar-refractivity contribution in [3.8, 4) is 0 Å². The highest BCUT2D eigenvalue weighted by Crippen LogP contribution is 2.30. The minimum Gasteiger partial charge on any atom is -0.269 e. The second-order valence-electron chi connectivity index (χ2n) is 6.73. The Bertz CT molecular complexity index is 1190. The molecule has 0 amide bonds. The molecule has 0 bridgehead atoms. The normalized spacial score (nSPS) is 15.8. The van der Waals surface area contributed by atoms with Gasteiger partial charge in [-0.15, -0.1) is 0 Å². The van der Waals surface area contributed by atoms with Crippen molar-refractivity contribution in [2.24, 2.45) is 0 Å². The van der Waals surface area contributed by atoms with Crippen LogP contribution in [0.4, 0.5) is 29.2 Å². The van der Waals surface area contributed by atoms with E-state index in [9.17, 15) is 22.4 Å². The molecule has 1 aromatic heterocycles. The summed E-state index contributed by atoms with van der Waals surface area (Å²) in [4.78, 5) is 19.9. The topological polar surface area (TPSA) is 72.9 Å². The number of aromatic nitrogens is 2. The highest BCUT2D eigenvalue weighted by molar-refractivity contribution is 5.99. The first-order chi connectivity index (χ1) is 14.2. The molecule has 0 saturated carbocycles. The Morgan fingerprint density at radius 3 is 2.57 bits per heavy atom. The fourth-order valence-electron chi connectivity index (χ4n) is 3.16. The van der Waals surface area contributed by atoms with Gasteiger partial charge in [-0.05, 0) is 37.3 Å². The fraction of sp³-hybridized carbons (Fsp3) is 0.150. The minimum absolute atomic E-state index is 0.182. The van der Waals surface area contributed by atoms with Gasteiger partial charge in [0.25, 0.3) is 11.5 Å². The highest BCUT2D eigenvalue weighted by atomic mass is 19.4. The summed E-state index contributed by atoms with van der Waals surface area (Å²) >= 11 is 0. The predicted molar refractivity (Wildman–Crippen MR) is 102 cm³/mol. The van der Waals surface area contributed by atoms with E-state index < -0.39 is 23.7 Å². The average molecular weight is 418 g/mol. The molecule has 1 aliphatic heterocycles. The van der Waals surface area contributed by atoms with Gasteiger partial charge in [0.05, 0.1) is 11.3 Å². The first-order valence-corrected chi connectivity index (χ1v) is 8.91. The van der Waals surface area contributed by atoms with Gasteiger partial charge in [-0.25, -0.2) is 24.6 Å². The van der Waals surface area contributed by atoms with Crippen molar-refractivity contribution in [1.29, 1.82) is 0 Å². The largest absolute Gasteiger partial charge is 0.416 e. The maximum absolute atomic E-state index is 13.4. The zero-order valence-electron chi connectivity index (χ0n) is 15.6. The van der Waals surface area contributed by atoms with Crippen LogP contribution in [0.3, 0.4) is 0 Å².